The fourth-order valence-electron chi connectivity index (χ4n) is 3.62. The molecular formula is C18H18F3N5O4. The first kappa shape index (κ1) is 21.3. The molecular weight excluding hydrogens is 407 g/mol. The molecule has 1 N–H and O–H groups in total. The summed E-state index contributed by atoms with van der Waals surface area (Å²) < 4.78 is 33.4. The molecule has 0 saturated carbocycles. The van der Waals surface area contributed by atoms with Crippen LogP contribution in [-0.2, 0) is 16.6 Å². The minimum absolute atomic E-state index is 0.0346. The molecule has 2 atom stereocenters. The number of halogens is 3. The van der Waals surface area contributed by atoms with Crippen molar-refractivity contribution in [3.8, 4) is 0 Å². The Labute approximate surface area is 168 Å². The van der Waals surface area contributed by atoms with Gasteiger partial charge in [0.2, 0.25) is 5.91 Å². The van der Waals surface area contributed by atoms with E-state index in [2.05, 4.69) is 10.1 Å². The zero-order chi connectivity index (χ0) is 22.1. The fraction of sp³-hybridized carbons (Fsp3) is 0.389. The monoisotopic (exact) mass is 425 g/mol. The van der Waals surface area contributed by atoms with Gasteiger partial charge in [-0.15, -0.1) is 0 Å². The van der Waals surface area contributed by atoms with Crippen LogP contribution in [0, 0.1) is 0 Å². The van der Waals surface area contributed by atoms with Crippen molar-refractivity contribution in [2.75, 3.05) is 11.4 Å². The van der Waals surface area contributed by atoms with E-state index in [0.717, 1.165) is 12.1 Å². The Morgan fingerprint density at radius 3 is 2.47 bits per heavy atom. The number of nitrogens with zero attached hydrogens (tertiary/aromatic N) is 5. The molecule has 2 aromatic rings. The second kappa shape index (κ2) is 8.13. The number of carboxylic acids is 1. The Morgan fingerprint density at radius 2 is 1.93 bits per heavy atom. The number of likely N-dealkylation sites (tertiary alicyclic amines) is 1. The van der Waals surface area contributed by atoms with Gasteiger partial charge < -0.3 is 14.9 Å². The number of alkyl halides is 3. The molecule has 2 saturated heterocycles. The molecule has 0 radical (unpaired) electrons. The fourth-order valence-corrected chi connectivity index (χ4v) is 3.62. The molecule has 2 fully saturated rings. The second-order valence-electron chi connectivity index (χ2n) is 6.81. The molecule has 0 bridgehead atoms. The number of carboxylic acid groups (broad SMARTS) is 1. The van der Waals surface area contributed by atoms with Gasteiger partial charge in [0.05, 0.1) is 29.5 Å². The average Bonchev–Trinajstić information content (AvgIpc) is 3.36. The molecule has 2 aliphatic rings. The van der Waals surface area contributed by atoms with Gasteiger partial charge in [-0.1, -0.05) is 0 Å². The summed E-state index contributed by atoms with van der Waals surface area (Å²) in [6.45, 7) is 0.660. The molecule has 2 aliphatic heterocycles. The largest absolute Gasteiger partial charge is 0.490 e. The van der Waals surface area contributed by atoms with Gasteiger partial charge in [0, 0.05) is 38.6 Å². The van der Waals surface area contributed by atoms with Crippen molar-refractivity contribution < 1.29 is 32.7 Å². The maximum atomic E-state index is 12.7. The van der Waals surface area contributed by atoms with Gasteiger partial charge in [-0.05, 0) is 18.6 Å². The van der Waals surface area contributed by atoms with Gasteiger partial charge in [0.25, 0.3) is 5.91 Å². The van der Waals surface area contributed by atoms with Crippen LogP contribution >= 0.6 is 0 Å². The highest BCUT2D eigenvalue weighted by Crippen LogP contribution is 2.36. The van der Waals surface area contributed by atoms with Gasteiger partial charge >= 0.3 is 12.1 Å². The van der Waals surface area contributed by atoms with Gasteiger partial charge in [-0.2, -0.15) is 18.3 Å². The molecule has 0 aliphatic carbocycles. The summed E-state index contributed by atoms with van der Waals surface area (Å²) in [5.74, 6) is -2.75. The third kappa shape index (κ3) is 4.26. The Kier molecular flexibility index (Phi) is 5.76. The maximum Gasteiger partial charge on any atom is 0.490 e. The molecule has 0 aromatic carbocycles. The summed E-state index contributed by atoms with van der Waals surface area (Å²) in [5.41, 5.74) is 1.38. The van der Waals surface area contributed by atoms with Gasteiger partial charge in [-0.3, -0.25) is 19.3 Å². The van der Waals surface area contributed by atoms with Gasteiger partial charge in [0.1, 0.15) is 0 Å². The standard InChI is InChI=1S/C16H17N5O2.C2HF3O2/c1-19-10-12(9-18-19)21-13-4-6-20(14(13)7-15(21)22)16(23)11-3-2-5-17-8-11;3-2(4,5)1(6)7/h2-3,5,8-10,13-14H,4,6-7H2,1H3;(H,6,7). The summed E-state index contributed by atoms with van der Waals surface area (Å²) in [6, 6.07) is 3.48. The van der Waals surface area contributed by atoms with E-state index in [1.54, 1.807) is 40.3 Å². The van der Waals surface area contributed by atoms with E-state index in [9.17, 15) is 22.8 Å². The van der Waals surface area contributed by atoms with Crippen molar-refractivity contribution in [2.45, 2.75) is 31.1 Å². The zero-order valence-electron chi connectivity index (χ0n) is 15.8. The van der Waals surface area contributed by atoms with Crippen molar-refractivity contribution in [3.05, 3.63) is 42.5 Å². The Hall–Kier alpha value is -3.44. The van der Waals surface area contributed by atoms with Crippen LogP contribution in [0.2, 0.25) is 0 Å². The first-order chi connectivity index (χ1) is 14.1. The lowest BCUT2D eigenvalue weighted by Gasteiger charge is -2.24. The number of rotatable bonds is 2. The molecule has 4 heterocycles. The summed E-state index contributed by atoms with van der Waals surface area (Å²) in [7, 11) is 1.83. The van der Waals surface area contributed by atoms with E-state index >= 15 is 0 Å². The summed E-state index contributed by atoms with van der Waals surface area (Å²) in [6.07, 6.45) is 2.83. The number of carbonyl (C=O) groups excluding carboxylic acids is 2. The molecule has 4 rings (SSSR count). The van der Waals surface area contributed by atoms with Crippen molar-refractivity contribution in [1.82, 2.24) is 19.7 Å². The van der Waals surface area contributed by atoms with Crippen LogP contribution in [0.15, 0.2) is 36.9 Å². The maximum absolute atomic E-state index is 12.7. The summed E-state index contributed by atoms with van der Waals surface area (Å²) in [5, 5.41) is 11.3. The second-order valence-corrected chi connectivity index (χ2v) is 6.81. The predicted molar refractivity (Wildman–Crippen MR) is 96.5 cm³/mol. The number of aryl methyl sites for hydroxylation is 1. The third-order valence-electron chi connectivity index (χ3n) is 4.88. The Balaban J connectivity index is 0.000000318. The Morgan fingerprint density at radius 1 is 1.23 bits per heavy atom. The van der Waals surface area contributed by atoms with Crippen molar-refractivity contribution in [3.63, 3.8) is 0 Å². The highest BCUT2D eigenvalue weighted by atomic mass is 19.4. The number of aromatic nitrogens is 3. The van der Waals surface area contributed by atoms with Crippen LogP contribution in [0.4, 0.5) is 18.9 Å². The van der Waals surface area contributed by atoms with Crippen molar-refractivity contribution in [1.29, 1.82) is 0 Å². The minimum Gasteiger partial charge on any atom is -0.475 e. The lowest BCUT2D eigenvalue weighted by Crippen LogP contribution is -2.40. The zero-order valence-corrected chi connectivity index (χ0v) is 15.8. The lowest BCUT2D eigenvalue weighted by molar-refractivity contribution is -0.192. The normalized spacial score (nSPS) is 20.6. The quantitative estimate of drug-likeness (QED) is 0.781. The number of anilines is 1. The molecule has 2 unspecified atom stereocenters. The average molecular weight is 425 g/mol. The summed E-state index contributed by atoms with van der Waals surface area (Å²) >= 11 is 0. The Bertz CT molecular complexity index is 947. The number of carbonyl (C=O) groups is 3. The molecule has 30 heavy (non-hydrogen) atoms. The molecule has 0 spiro atoms. The van der Waals surface area contributed by atoms with E-state index < -0.39 is 12.1 Å². The van der Waals surface area contributed by atoms with Gasteiger partial charge in [0.15, 0.2) is 0 Å². The van der Waals surface area contributed by atoms with Crippen LogP contribution in [-0.4, -0.2) is 67.4 Å². The number of pyridine rings is 1. The molecule has 2 amide bonds. The van der Waals surface area contributed by atoms with Crippen LogP contribution in [0.3, 0.4) is 0 Å². The topological polar surface area (TPSA) is 109 Å². The van der Waals surface area contributed by atoms with Crippen LogP contribution < -0.4 is 4.90 Å². The molecule has 2 aromatic heterocycles. The first-order valence-electron chi connectivity index (χ1n) is 8.91. The van der Waals surface area contributed by atoms with Crippen molar-refractivity contribution >= 4 is 23.5 Å². The molecule has 9 nitrogen and oxygen atoms in total. The van der Waals surface area contributed by atoms with Crippen molar-refractivity contribution in [2.24, 2.45) is 7.05 Å². The number of hydrogen-bond acceptors (Lipinski definition) is 5. The van der Waals surface area contributed by atoms with E-state index in [4.69, 9.17) is 9.90 Å². The number of aliphatic carboxylic acids is 1. The third-order valence-corrected chi connectivity index (χ3v) is 4.88. The van der Waals surface area contributed by atoms with Gasteiger partial charge in [-0.25, -0.2) is 4.79 Å². The predicted octanol–water partition coefficient (Wildman–Crippen LogP) is 1.47. The number of amides is 2. The smallest absolute Gasteiger partial charge is 0.475 e. The first-order valence-corrected chi connectivity index (χ1v) is 8.91. The number of hydrogen-bond donors (Lipinski definition) is 1. The lowest BCUT2D eigenvalue weighted by atomic mass is 10.1. The van der Waals surface area contributed by atoms with Crippen LogP contribution in [0.1, 0.15) is 23.2 Å². The SMILES string of the molecule is Cn1cc(N2C(=O)CC3C2CCN3C(=O)c2cccnc2)cn1.O=C(O)C(F)(F)F. The molecule has 12 heteroatoms. The highest BCUT2D eigenvalue weighted by molar-refractivity contribution is 6.00. The van der Waals surface area contributed by atoms with Crippen LogP contribution in [0.25, 0.3) is 0 Å². The molecule has 160 valence electrons. The highest BCUT2D eigenvalue weighted by Gasteiger charge is 2.49. The summed E-state index contributed by atoms with van der Waals surface area (Å²) in [4.78, 5) is 41.6. The van der Waals surface area contributed by atoms with Crippen LogP contribution in [0.5, 0.6) is 0 Å². The van der Waals surface area contributed by atoms with E-state index in [0.29, 0.717) is 18.5 Å². The van der Waals surface area contributed by atoms with E-state index in [-0.39, 0.29) is 23.9 Å². The van der Waals surface area contributed by atoms with E-state index in [1.165, 1.54) is 0 Å². The minimum atomic E-state index is -5.08. The number of fused-ring (bicyclic) bond motifs is 1. The van der Waals surface area contributed by atoms with E-state index in [1.807, 2.05) is 18.1 Å².